The number of carboxylic acids is 1. The minimum atomic E-state index is -1.16. The van der Waals surface area contributed by atoms with Crippen LogP contribution in [0.3, 0.4) is 0 Å². The van der Waals surface area contributed by atoms with Crippen molar-refractivity contribution in [2.75, 3.05) is 5.73 Å². The maximum atomic E-state index is 10.3. The van der Waals surface area contributed by atoms with Crippen LogP contribution in [-0.4, -0.2) is 16.2 Å². The first-order valence-electron chi connectivity index (χ1n) is 2.93. The van der Waals surface area contributed by atoms with Crippen molar-refractivity contribution in [3.8, 4) is 5.75 Å². The molecule has 4 nitrogen and oxygen atoms in total. The number of anilines is 1. The Morgan fingerprint density at radius 1 is 1.50 bits per heavy atom. The van der Waals surface area contributed by atoms with Crippen LogP contribution >= 0.6 is 0 Å². The van der Waals surface area contributed by atoms with Crippen molar-refractivity contribution in [2.45, 2.75) is 0 Å². The molecule has 0 heterocycles. The second-order valence-electron chi connectivity index (χ2n) is 2.08. The third-order valence-electron chi connectivity index (χ3n) is 1.25. The maximum Gasteiger partial charge on any atom is 1.00 e. The number of hydrogen-bond acceptors (Lipinski definition) is 3. The van der Waals surface area contributed by atoms with E-state index in [4.69, 9.17) is 15.9 Å². The predicted molar refractivity (Wildman–Crippen MR) is 40.6 cm³/mol. The van der Waals surface area contributed by atoms with Gasteiger partial charge in [-0.25, -0.2) is 4.79 Å². The molecule has 0 radical (unpaired) electrons. The van der Waals surface area contributed by atoms with E-state index >= 15 is 0 Å². The van der Waals surface area contributed by atoms with E-state index in [0.717, 1.165) is 0 Å². The normalized spacial score (nSPS) is 8.67. The van der Waals surface area contributed by atoms with Crippen molar-refractivity contribution >= 4 is 11.7 Å². The molecule has 1 aromatic rings. The first-order valence-corrected chi connectivity index (χ1v) is 2.93. The van der Waals surface area contributed by atoms with Gasteiger partial charge in [-0.1, -0.05) is 0 Å². The molecule has 4 N–H and O–H groups in total. The molecular weight excluding hydrogens is 185 g/mol. The van der Waals surface area contributed by atoms with E-state index in [1.54, 1.807) is 0 Å². The van der Waals surface area contributed by atoms with E-state index in [9.17, 15) is 4.79 Å². The molecule has 0 aliphatic rings. The van der Waals surface area contributed by atoms with Crippen molar-refractivity contribution in [3.05, 3.63) is 23.8 Å². The van der Waals surface area contributed by atoms with Gasteiger partial charge >= 0.3 is 57.4 Å². The van der Waals surface area contributed by atoms with E-state index in [2.05, 4.69) is 0 Å². The van der Waals surface area contributed by atoms with Crippen LogP contribution in [-0.2, 0) is 0 Å². The summed E-state index contributed by atoms with van der Waals surface area (Å²) in [6.45, 7) is 0. The van der Waals surface area contributed by atoms with Gasteiger partial charge in [-0.2, -0.15) is 0 Å². The molecule has 0 bridgehead atoms. The molecule has 5 heteroatoms. The summed E-state index contributed by atoms with van der Waals surface area (Å²) in [4.78, 5) is 10.3. The standard InChI is InChI=1S/C7H7NO3.K.H/c8-4-1-2-5(7(10)11)6(9)3-4;;/h1-3,9H,8H2,(H,10,11);;/q;+1;-1. The van der Waals surface area contributed by atoms with E-state index < -0.39 is 5.97 Å². The number of benzene rings is 1. The van der Waals surface area contributed by atoms with Crippen LogP contribution in [0.2, 0.25) is 0 Å². The second kappa shape index (κ2) is 4.83. The Hall–Kier alpha value is -0.0736. The van der Waals surface area contributed by atoms with Gasteiger partial charge in [0.25, 0.3) is 0 Å². The van der Waals surface area contributed by atoms with Crippen LogP contribution in [0.15, 0.2) is 18.2 Å². The molecule has 0 aromatic heterocycles. The summed E-state index contributed by atoms with van der Waals surface area (Å²) in [5.74, 6) is -1.47. The molecular formula is C7H8KNO3. The number of nitrogen functional groups attached to an aromatic ring is 1. The summed E-state index contributed by atoms with van der Waals surface area (Å²) < 4.78 is 0. The molecule has 0 amide bonds. The third kappa shape index (κ3) is 2.76. The zero-order valence-corrected chi connectivity index (χ0v) is 9.74. The number of carboxylic acid groups (broad SMARTS) is 1. The summed E-state index contributed by atoms with van der Waals surface area (Å²) in [6.07, 6.45) is 0. The van der Waals surface area contributed by atoms with Gasteiger partial charge < -0.3 is 17.4 Å². The summed E-state index contributed by atoms with van der Waals surface area (Å²) in [6, 6.07) is 3.87. The van der Waals surface area contributed by atoms with Gasteiger partial charge in [0, 0.05) is 11.8 Å². The quantitative estimate of drug-likeness (QED) is 0.349. The largest absolute Gasteiger partial charge is 1.00 e. The molecule has 0 atom stereocenters. The topological polar surface area (TPSA) is 83.6 Å². The maximum absolute atomic E-state index is 10.3. The molecule has 0 unspecified atom stereocenters. The van der Waals surface area contributed by atoms with Gasteiger partial charge in [0.2, 0.25) is 0 Å². The number of aromatic hydroxyl groups is 1. The zero-order chi connectivity index (χ0) is 8.43. The van der Waals surface area contributed by atoms with E-state index in [0.29, 0.717) is 5.69 Å². The number of aromatic carboxylic acids is 1. The molecule has 0 aliphatic carbocycles. The Morgan fingerprint density at radius 2 is 2.08 bits per heavy atom. The fourth-order valence-electron chi connectivity index (χ4n) is 0.730. The Kier molecular flexibility index (Phi) is 4.80. The van der Waals surface area contributed by atoms with Crippen molar-refractivity contribution in [3.63, 3.8) is 0 Å². The minimum Gasteiger partial charge on any atom is -1.00 e. The first kappa shape index (κ1) is 11.9. The number of carbonyl (C=O) groups is 1. The summed E-state index contributed by atoms with van der Waals surface area (Å²) in [5.41, 5.74) is 5.48. The first-order chi connectivity index (χ1) is 5.11. The van der Waals surface area contributed by atoms with E-state index in [-0.39, 0.29) is 64.1 Å². The smallest absolute Gasteiger partial charge is 1.00 e. The van der Waals surface area contributed by atoms with Crippen LogP contribution < -0.4 is 57.1 Å². The Balaban J connectivity index is 0. The molecule has 0 saturated heterocycles. The molecule has 60 valence electrons. The van der Waals surface area contributed by atoms with Gasteiger partial charge in [0.05, 0.1) is 0 Å². The molecule has 0 saturated carbocycles. The third-order valence-corrected chi connectivity index (χ3v) is 1.25. The van der Waals surface area contributed by atoms with Crippen LogP contribution in [0.5, 0.6) is 5.75 Å². The molecule has 0 spiro atoms. The summed E-state index contributed by atoms with van der Waals surface area (Å²) >= 11 is 0. The van der Waals surface area contributed by atoms with Crippen LogP contribution in [0.1, 0.15) is 11.8 Å². The number of hydrogen-bond donors (Lipinski definition) is 3. The molecule has 1 aromatic carbocycles. The van der Waals surface area contributed by atoms with Crippen molar-refractivity contribution in [2.24, 2.45) is 0 Å². The monoisotopic (exact) mass is 193 g/mol. The van der Waals surface area contributed by atoms with Crippen LogP contribution in [0, 0.1) is 0 Å². The van der Waals surface area contributed by atoms with Crippen molar-refractivity contribution in [1.82, 2.24) is 0 Å². The van der Waals surface area contributed by atoms with Crippen molar-refractivity contribution in [1.29, 1.82) is 0 Å². The van der Waals surface area contributed by atoms with E-state index in [1.165, 1.54) is 18.2 Å². The zero-order valence-electron chi connectivity index (χ0n) is 7.61. The fourth-order valence-corrected chi connectivity index (χ4v) is 0.730. The average Bonchev–Trinajstić information content (AvgIpc) is 1.85. The van der Waals surface area contributed by atoms with Gasteiger partial charge in [-0.15, -0.1) is 0 Å². The average molecular weight is 193 g/mol. The molecule has 0 aliphatic heterocycles. The Labute approximate surface area is 113 Å². The summed E-state index contributed by atoms with van der Waals surface area (Å²) in [5, 5.41) is 17.5. The fraction of sp³-hybridized carbons (Fsp3) is 0. The number of nitrogens with two attached hydrogens (primary N) is 1. The van der Waals surface area contributed by atoms with Gasteiger partial charge in [-0.3, -0.25) is 0 Å². The number of phenols is 1. The second-order valence-corrected chi connectivity index (χ2v) is 2.08. The number of rotatable bonds is 1. The van der Waals surface area contributed by atoms with Gasteiger partial charge in [0.1, 0.15) is 11.3 Å². The van der Waals surface area contributed by atoms with E-state index in [1.807, 2.05) is 0 Å². The Bertz CT molecular complexity index is 306. The molecule has 0 fully saturated rings. The molecule has 1 rings (SSSR count). The van der Waals surface area contributed by atoms with Gasteiger partial charge in [-0.05, 0) is 12.1 Å². The van der Waals surface area contributed by atoms with Gasteiger partial charge in [0.15, 0.2) is 0 Å². The summed E-state index contributed by atoms with van der Waals surface area (Å²) in [7, 11) is 0. The molecule has 12 heavy (non-hydrogen) atoms. The van der Waals surface area contributed by atoms with Crippen LogP contribution in [0.25, 0.3) is 0 Å². The van der Waals surface area contributed by atoms with Crippen molar-refractivity contribution < 1.29 is 67.8 Å². The predicted octanol–water partition coefficient (Wildman–Crippen LogP) is -2.21. The minimum absolute atomic E-state index is 0. The SMILES string of the molecule is Nc1ccc(C(=O)O)c(O)c1.[H-].[K+]. The Morgan fingerprint density at radius 3 is 2.50 bits per heavy atom. The van der Waals surface area contributed by atoms with Crippen LogP contribution in [0.4, 0.5) is 5.69 Å².